The number of carboxylic acid groups (broad SMARTS) is 1. The lowest BCUT2D eigenvalue weighted by molar-refractivity contribution is 0.0697. The number of pyridine rings is 1. The van der Waals surface area contributed by atoms with Gasteiger partial charge in [0, 0.05) is 5.69 Å². The summed E-state index contributed by atoms with van der Waals surface area (Å²) in [5, 5.41) is 11.9. The summed E-state index contributed by atoms with van der Waals surface area (Å²) >= 11 is 0. The molecule has 6 heteroatoms. The first-order valence-corrected chi connectivity index (χ1v) is 5.82. The van der Waals surface area contributed by atoms with Crippen LogP contribution in [0.4, 0.5) is 20.3 Å². The molecule has 0 unspecified atom stereocenters. The van der Waals surface area contributed by atoms with Crippen molar-refractivity contribution in [2.75, 3.05) is 5.32 Å². The number of benzene rings is 1. The van der Waals surface area contributed by atoms with Crippen LogP contribution in [0.25, 0.3) is 0 Å². The number of aromatic carboxylic acids is 1. The highest BCUT2D eigenvalue weighted by molar-refractivity contribution is 5.94. The van der Waals surface area contributed by atoms with Crippen LogP contribution in [0.2, 0.25) is 0 Å². The SMILES string of the molecule is Cc1cc(F)ccc1Nc1nc(C)c(F)cc1C(=O)O. The number of nitrogens with one attached hydrogen (secondary N) is 1. The van der Waals surface area contributed by atoms with Gasteiger partial charge in [-0.3, -0.25) is 0 Å². The van der Waals surface area contributed by atoms with Gasteiger partial charge in [0.1, 0.15) is 23.0 Å². The summed E-state index contributed by atoms with van der Waals surface area (Å²) in [6.45, 7) is 3.10. The largest absolute Gasteiger partial charge is 0.478 e. The lowest BCUT2D eigenvalue weighted by Crippen LogP contribution is -2.08. The molecule has 20 heavy (non-hydrogen) atoms. The van der Waals surface area contributed by atoms with E-state index in [9.17, 15) is 13.6 Å². The van der Waals surface area contributed by atoms with Crippen LogP contribution in [0.3, 0.4) is 0 Å². The highest BCUT2D eigenvalue weighted by Crippen LogP contribution is 2.24. The average molecular weight is 278 g/mol. The molecular weight excluding hydrogens is 266 g/mol. The van der Waals surface area contributed by atoms with E-state index in [4.69, 9.17) is 5.11 Å². The van der Waals surface area contributed by atoms with Crippen molar-refractivity contribution in [3.8, 4) is 0 Å². The van der Waals surface area contributed by atoms with Gasteiger partial charge in [-0.15, -0.1) is 0 Å². The fraction of sp³-hybridized carbons (Fsp3) is 0.143. The van der Waals surface area contributed by atoms with Gasteiger partial charge in [-0.1, -0.05) is 0 Å². The number of hydrogen-bond acceptors (Lipinski definition) is 3. The predicted octanol–water partition coefficient (Wildman–Crippen LogP) is 3.42. The van der Waals surface area contributed by atoms with Crippen molar-refractivity contribution in [3.63, 3.8) is 0 Å². The van der Waals surface area contributed by atoms with Crippen molar-refractivity contribution in [2.45, 2.75) is 13.8 Å². The van der Waals surface area contributed by atoms with Crippen LogP contribution < -0.4 is 5.32 Å². The number of carboxylic acids is 1. The number of carbonyl (C=O) groups is 1. The van der Waals surface area contributed by atoms with E-state index in [1.54, 1.807) is 6.92 Å². The molecule has 1 aromatic heterocycles. The normalized spacial score (nSPS) is 10.4. The second kappa shape index (κ2) is 5.24. The first kappa shape index (κ1) is 13.9. The molecule has 2 aromatic rings. The molecule has 0 aliphatic heterocycles. The third kappa shape index (κ3) is 2.74. The van der Waals surface area contributed by atoms with E-state index >= 15 is 0 Å². The van der Waals surface area contributed by atoms with Gasteiger partial charge in [0.25, 0.3) is 0 Å². The molecule has 0 fully saturated rings. The Morgan fingerprint density at radius 1 is 1.25 bits per heavy atom. The molecular formula is C14H12F2N2O2. The summed E-state index contributed by atoms with van der Waals surface area (Å²) in [5.74, 6) is -2.36. The molecule has 0 aliphatic carbocycles. The van der Waals surface area contributed by atoms with Crippen LogP contribution >= 0.6 is 0 Å². The minimum atomic E-state index is -1.29. The van der Waals surface area contributed by atoms with Gasteiger partial charge in [0.2, 0.25) is 0 Å². The third-order valence-corrected chi connectivity index (χ3v) is 2.82. The quantitative estimate of drug-likeness (QED) is 0.903. The van der Waals surface area contributed by atoms with Crippen LogP contribution in [0.15, 0.2) is 24.3 Å². The van der Waals surface area contributed by atoms with Gasteiger partial charge >= 0.3 is 5.97 Å². The number of hydrogen-bond donors (Lipinski definition) is 2. The van der Waals surface area contributed by atoms with Crippen LogP contribution in [0.1, 0.15) is 21.6 Å². The minimum absolute atomic E-state index is 0.0195. The Bertz CT molecular complexity index is 687. The second-order valence-electron chi connectivity index (χ2n) is 4.34. The summed E-state index contributed by atoms with van der Waals surface area (Å²) in [5.41, 5.74) is 0.895. The van der Waals surface area contributed by atoms with Crippen molar-refractivity contribution in [2.24, 2.45) is 0 Å². The van der Waals surface area contributed by atoms with Crippen molar-refractivity contribution in [1.29, 1.82) is 0 Å². The van der Waals surface area contributed by atoms with E-state index < -0.39 is 17.6 Å². The molecule has 0 radical (unpaired) electrons. The zero-order valence-corrected chi connectivity index (χ0v) is 10.9. The van der Waals surface area contributed by atoms with Crippen LogP contribution in [-0.4, -0.2) is 16.1 Å². The van der Waals surface area contributed by atoms with Gasteiger partial charge < -0.3 is 10.4 Å². The maximum Gasteiger partial charge on any atom is 0.339 e. The maximum absolute atomic E-state index is 13.4. The van der Waals surface area contributed by atoms with Crippen LogP contribution in [-0.2, 0) is 0 Å². The second-order valence-corrected chi connectivity index (χ2v) is 4.34. The monoisotopic (exact) mass is 278 g/mol. The van der Waals surface area contributed by atoms with Gasteiger partial charge in [-0.2, -0.15) is 0 Å². The summed E-state index contributed by atoms with van der Waals surface area (Å²) in [7, 11) is 0. The summed E-state index contributed by atoms with van der Waals surface area (Å²) in [6.07, 6.45) is 0. The molecule has 104 valence electrons. The number of nitrogens with zero attached hydrogens (tertiary/aromatic N) is 1. The van der Waals surface area contributed by atoms with Crippen LogP contribution in [0.5, 0.6) is 0 Å². The fourth-order valence-corrected chi connectivity index (χ4v) is 1.73. The maximum atomic E-state index is 13.4. The van der Waals surface area contributed by atoms with Crippen LogP contribution in [0, 0.1) is 25.5 Å². The minimum Gasteiger partial charge on any atom is -0.478 e. The number of rotatable bonds is 3. The van der Waals surface area contributed by atoms with Crippen molar-refractivity contribution in [1.82, 2.24) is 4.98 Å². The average Bonchev–Trinajstić information content (AvgIpc) is 2.36. The number of aryl methyl sites for hydroxylation is 2. The van der Waals surface area contributed by atoms with Crippen molar-refractivity contribution < 1.29 is 18.7 Å². The Morgan fingerprint density at radius 3 is 2.55 bits per heavy atom. The molecule has 0 aliphatic rings. The number of aromatic nitrogens is 1. The van der Waals surface area contributed by atoms with Crippen molar-refractivity contribution in [3.05, 3.63) is 52.7 Å². The first-order chi connectivity index (χ1) is 9.38. The third-order valence-electron chi connectivity index (χ3n) is 2.82. The Kier molecular flexibility index (Phi) is 3.65. The zero-order valence-electron chi connectivity index (χ0n) is 10.9. The number of halogens is 2. The predicted molar refractivity (Wildman–Crippen MR) is 70.3 cm³/mol. The molecule has 2 N–H and O–H groups in total. The molecule has 0 saturated carbocycles. The Labute approximate surface area is 114 Å². The van der Waals surface area contributed by atoms with E-state index in [0.29, 0.717) is 11.3 Å². The number of anilines is 2. The van der Waals surface area contributed by atoms with E-state index in [0.717, 1.165) is 6.07 Å². The lowest BCUT2D eigenvalue weighted by Gasteiger charge is -2.12. The Morgan fingerprint density at radius 2 is 1.95 bits per heavy atom. The van der Waals surface area contributed by atoms with E-state index in [-0.39, 0.29) is 17.1 Å². The standard InChI is InChI=1S/C14H12F2N2O2/c1-7-5-9(15)3-4-12(7)18-13-10(14(19)20)6-11(16)8(2)17-13/h3-6H,1-2H3,(H,17,18)(H,19,20). The van der Waals surface area contributed by atoms with E-state index in [2.05, 4.69) is 10.3 Å². The van der Waals surface area contributed by atoms with E-state index in [1.165, 1.54) is 25.1 Å². The fourth-order valence-electron chi connectivity index (χ4n) is 1.73. The summed E-state index contributed by atoms with van der Waals surface area (Å²) in [6, 6.07) is 4.92. The van der Waals surface area contributed by atoms with Gasteiger partial charge in [0.15, 0.2) is 0 Å². The highest BCUT2D eigenvalue weighted by atomic mass is 19.1. The highest BCUT2D eigenvalue weighted by Gasteiger charge is 2.16. The smallest absolute Gasteiger partial charge is 0.339 e. The molecule has 0 atom stereocenters. The summed E-state index contributed by atoms with van der Waals surface area (Å²) in [4.78, 5) is 15.0. The topological polar surface area (TPSA) is 62.2 Å². The summed E-state index contributed by atoms with van der Waals surface area (Å²) < 4.78 is 26.4. The van der Waals surface area contributed by atoms with Gasteiger partial charge in [-0.05, 0) is 43.7 Å². The lowest BCUT2D eigenvalue weighted by atomic mass is 10.1. The molecule has 0 spiro atoms. The van der Waals surface area contributed by atoms with E-state index in [1.807, 2.05) is 0 Å². The van der Waals surface area contributed by atoms with Gasteiger partial charge in [-0.25, -0.2) is 18.6 Å². The molecule has 0 amide bonds. The van der Waals surface area contributed by atoms with Gasteiger partial charge in [0.05, 0.1) is 5.69 Å². The zero-order chi connectivity index (χ0) is 14.9. The Balaban J connectivity index is 2.47. The molecule has 1 aromatic carbocycles. The molecule has 0 saturated heterocycles. The Hall–Kier alpha value is -2.50. The molecule has 0 bridgehead atoms. The van der Waals surface area contributed by atoms with Crippen molar-refractivity contribution >= 4 is 17.5 Å². The first-order valence-electron chi connectivity index (χ1n) is 5.82. The molecule has 2 rings (SSSR count). The molecule has 4 nitrogen and oxygen atoms in total. The molecule has 1 heterocycles.